The largest absolute Gasteiger partial charge is 0.346 e. The van der Waals surface area contributed by atoms with E-state index >= 15 is 0 Å². The number of benzene rings is 3. The van der Waals surface area contributed by atoms with E-state index in [1.165, 1.54) is 0 Å². The van der Waals surface area contributed by atoms with Crippen LogP contribution < -0.4 is 5.32 Å². The standard InChI is InChI=1S/C27H31N3O3S/c1-21-11-13-26(14-12-21)34(32,33)30-17-15-29(16-18-30)20-23-7-6-10-25(19-23)27(31)28-22(2)24-8-4-3-5-9-24/h3-14,19,22H,15-18,20H2,1-2H3,(H,28,31). The van der Waals surface area contributed by atoms with Crippen LogP contribution in [0.3, 0.4) is 0 Å². The molecule has 3 aromatic rings. The molecule has 0 radical (unpaired) electrons. The van der Waals surface area contributed by atoms with Crippen molar-refractivity contribution in [1.29, 1.82) is 0 Å². The van der Waals surface area contributed by atoms with Crippen LogP contribution in [0.5, 0.6) is 0 Å². The number of piperazine rings is 1. The molecule has 0 bridgehead atoms. The predicted molar refractivity (Wildman–Crippen MR) is 134 cm³/mol. The maximum absolute atomic E-state index is 12.9. The molecule has 1 heterocycles. The predicted octanol–water partition coefficient (Wildman–Crippen LogP) is 3.99. The monoisotopic (exact) mass is 477 g/mol. The Morgan fingerprint density at radius 1 is 0.912 bits per heavy atom. The van der Waals surface area contributed by atoms with Crippen LogP contribution in [0.15, 0.2) is 83.8 Å². The van der Waals surface area contributed by atoms with E-state index in [4.69, 9.17) is 0 Å². The highest BCUT2D eigenvalue weighted by Gasteiger charge is 2.28. The van der Waals surface area contributed by atoms with Gasteiger partial charge in [-0.25, -0.2) is 8.42 Å². The summed E-state index contributed by atoms with van der Waals surface area (Å²) in [5.41, 5.74) is 3.76. The SMILES string of the molecule is Cc1ccc(S(=O)(=O)N2CCN(Cc3cccc(C(=O)NC(C)c4ccccc4)c3)CC2)cc1. The molecule has 0 aliphatic carbocycles. The number of hydrogen-bond donors (Lipinski definition) is 1. The smallest absolute Gasteiger partial charge is 0.251 e. The lowest BCUT2D eigenvalue weighted by Gasteiger charge is -2.34. The fourth-order valence-electron chi connectivity index (χ4n) is 4.16. The zero-order valence-electron chi connectivity index (χ0n) is 19.6. The second kappa shape index (κ2) is 10.5. The first-order chi connectivity index (χ1) is 16.3. The van der Waals surface area contributed by atoms with Crippen LogP contribution in [0.4, 0.5) is 0 Å². The summed E-state index contributed by atoms with van der Waals surface area (Å²) in [6.07, 6.45) is 0. The van der Waals surface area contributed by atoms with Gasteiger partial charge in [0.1, 0.15) is 0 Å². The second-order valence-electron chi connectivity index (χ2n) is 8.80. The Morgan fingerprint density at radius 3 is 2.26 bits per heavy atom. The van der Waals surface area contributed by atoms with Gasteiger partial charge >= 0.3 is 0 Å². The van der Waals surface area contributed by atoms with E-state index in [2.05, 4.69) is 10.2 Å². The molecule has 1 saturated heterocycles. The summed E-state index contributed by atoms with van der Waals surface area (Å²) in [6, 6.07) is 24.4. The van der Waals surface area contributed by atoms with Gasteiger partial charge in [-0.2, -0.15) is 4.31 Å². The first kappa shape index (κ1) is 24.1. The van der Waals surface area contributed by atoms with Gasteiger partial charge in [0.2, 0.25) is 10.0 Å². The summed E-state index contributed by atoms with van der Waals surface area (Å²) in [4.78, 5) is 15.4. The Labute approximate surface area is 202 Å². The third-order valence-electron chi connectivity index (χ3n) is 6.23. The highest BCUT2D eigenvalue weighted by molar-refractivity contribution is 7.89. The lowest BCUT2D eigenvalue weighted by molar-refractivity contribution is 0.0939. The summed E-state index contributed by atoms with van der Waals surface area (Å²) in [5, 5.41) is 3.06. The van der Waals surface area contributed by atoms with Crippen molar-refractivity contribution in [3.05, 3.63) is 101 Å². The summed E-state index contributed by atoms with van der Waals surface area (Å²) < 4.78 is 27.4. The maximum Gasteiger partial charge on any atom is 0.251 e. The molecule has 7 heteroatoms. The van der Waals surface area contributed by atoms with Crippen molar-refractivity contribution in [3.63, 3.8) is 0 Å². The van der Waals surface area contributed by atoms with Crippen LogP contribution in [-0.4, -0.2) is 49.7 Å². The minimum Gasteiger partial charge on any atom is -0.346 e. The molecule has 1 amide bonds. The summed E-state index contributed by atoms with van der Waals surface area (Å²) in [7, 11) is -3.47. The molecule has 1 fully saturated rings. The molecule has 6 nitrogen and oxygen atoms in total. The number of carbonyl (C=O) groups is 1. The average Bonchev–Trinajstić information content (AvgIpc) is 2.85. The summed E-state index contributed by atoms with van der Waals surface area (Å²) in [6.45, 7) is 6.78. The molecule has 1 aliphatic heterocycles. The average molecular weight is 478 g/mol. The van der Waals surface area contributed by atoms with Crippen LogP contribution in [0.1, 0.15) is 40.0 Å². The molecule has 1 N–H and O–H groups in total. The van der Waals surface area contributed by atoms with E-state index < -0.39 is 10.0 Å². The third-order valence-corrected chi connectivity index (χ3v) is 8.15. The van der Waals surface area contributed by atoms with Crippen LogP contribution >= 0.6 is 0 Å². The van der Waals surface area contributed by atoms with Crippen molar-refractivity contribution in [2.45, 2.75) is 31.3 Å². The zero-order valence-corrected chi connectivity index (χ0v) is 20.5. The molecule has 4 rings (SSSR count). The van der Waals surface area contributed by atoms with E-state index in [1.54, 1.807) is 16.4 Å². The molecule has 34 heavy (non-hydrogen) atoms. The van der Waals surface area contributed by atoms with E-state index in [-0.39, 0.29) is 11.9 Å². The number of amides is 1. The van der Waals surface area contributed by atoms with Crippen LogP contribution in [0.25, 0.3) is 0 Å². The maximum atomic E-state index is 12.9. The van der Waals surface area contributed by atoms with Gasteiger partial charge in [0.15, 0.2) is 0 Å². The molecule has 3 aromatic carbocycles. The number of nitrogens with one attached hydrogen (secondary N) is 1. The number of carbonyl (C=O) groups excluding carboxylic acids is 1. The van der Waals surface area contributed by atoms with Gasteiger partial charge in [-0.05, 0) is 49.2 Å². The minimum atomic E-state index is -3.47. The first-order valence-corrected chi connectivity index (χ1v) is 13.0. The molecule has 1 atom stereocenters. The molecular weight excluding hydrogens is 446 g/mol. The van der Waals surface area contributed by atoms with Crippen molar-refractivity contribution in [2.24, 2.45) is 0 Å². The van der Waals surface area contributed by atoms with Gasteiger partial charge < -0.3 is 5.32 Å². The van der Waals surface area contributed by atoms with Crippen molar-refractivity contribution in [2.75, 3.05) is 26.2 Å². The quantitative estimate of drug-likeness (QED) is 0.559. The zero-order chi connectivity index (χ0) is 24.1. The van der Waals surface area contributed by atoms with E-state index in [0.717, 1.165) is 16.7 Å². The molecule has 0 aromatic heterocycles. The first-order valence-electron chi connectivity index (χ1n) is 11.6. The Morgan fingerprint density at radius 2 is 1.59 bits per heavy atom. The van der Waals surface area contributed by atoms with Crippen molar-refractivity contribution < 1.29 is 13.2 Å². The number of sulfonamides is 1. The van der Waals surface area contributed by atoms with Crippen molar-refractivity contribution in [3.8, 4) is 0 Å². The molecule has 1 unspecified atom stereocenters. The molecule has 178 valence electrons. The lowest BCUT2D eigenvalue weighted by Crippen LogP contribution is -2.48. The van der Waals surface area contributed by atoms with Crippen LogP contribution in [-0.2, 0) is 16.6 Å². The number of rotatable bonds is 7. The number of nitrogens with zero attached hydrogens (tertiary/aromatic N) is 2. The molecular formula is C27H31N3O3S. The Kier molecular flexibility index (Phi) is 7.46. The third kappa shape index (κ3) is 5.73. The van der Waals surface area contributed by atoms with Gasteiger partial charge in [0.25, 0.3) is 5.91 Å². The molecule has 0 spiro atoms. The fourth-order valence-corrected chi connectivity index (χ4v) is 5.58. The highest BCUT2D eigenvalue weighted by atomic mass is 32.2. The molecule has 0 saturated carbocycles. The summed E-state index contributed by atoms with van der Waals surface area (Å²) >= 11 is 0. The van der Waals surface area contributed by atoms with E-state index in [9.17, 15) is 13.2 Å². The van der Waals surface area contributed by atoms with Crippen molar-refractivity contribution >= 4 is 15.9 Å². The van der Waals surface area contributed by atoms with Crippen molar-refractivity contribution in [1.82, 2.24) is 14.5 Å². The molecule has 1 aliphatic rings. The van der Waals surface area contributed by atoms with Crippen LogP contribution in [0, 0.1) is 6.92 Å². The number of hydrogen-bond acceptors (Lipinski definition) is 4. The van der Waals surface area contributed by atoms with Gasteiger partial charge in [-0.1, -0.05) is 60.2 Å². The normalized spacial score (nSPS) is 16.2. The summed E-state index contributed by atoms with van der Waals surface area (Å²) in [5.74, 6) is -0.104. The minimum absolute atomic E-state index is 0.0825. The van der Waals surface area contributed by atoms with E-state index in [1.807, 2.05) is 80.6 Å². The van der Waals surface area contributed by atoms with Crippen LogP contribution in [0.2, 0.25) is 0 Å². The van der Waals surface area contributed by atoms with Gasteiger partial charge in [0, 0.05) is 38.3 Å². The second-order valence-corrected chi connectivity index (χ2v) is 10.7. The topological polar surface area (TPSA) is 69.7 Å². The fraction of sp³-hybridized carbons (Fsp3) is 0.296. The van der Waals surface area contributed by atoms with Gasteiger partial charge in [-0.3, -0.25) is 9.69 Å². The Balaban J connectivity index is 1.34. The highest BCUT2D eigenvalue weighted by Crippen LogP contribution is 2.19. The number of aryl methyl sites for hydroxylation is 1. The lowest BCUT2D eigenvalue weighted by atomic mass is 10.1. The Bertz CT molecular complexity index is 1220. The Hall–Kier alpha value is -3.00. The van der Waals surface area contributed by atoms with Gasteiger partial charge in [0.05, 0.1) is 10.9 Å². The van der Waals surface area contributed by atoms with E-state index in [0.29, 0.717) is 43.2 Å². The van der Waals surface area contributed by atoms with Gasteiger partial charge in [-0.15, -0.1) is 0 Å².